The summed E-state index contributed by atoms with van der Waals surface area (Å²) < 4.78 is 36.6. The molecule has 1 aromatic heterocycles. The van der Waals surface area contributed by atoms with Crippen molar-refractivity contribution in [1.82, 2.24) is 10.3 Å². The number of rotatable bonds is 11. The van der Waals surface area contributed by atoms with Crippen molar-refractivity contribution < 1.29 is 23.0 Å². The van der Waals surface area contributed by atoms with E-state index in [1.165, 1.54) is 0 Å². The van der Waals surface area contributed by atoms with E-state index < -0.39 is 16.1 Å². The Balaban J connectivity index is 1.29. The van der Waals surface area contributed by atoms with Gasteiger partial charge in [0.2, 0.25) is 10.0 Å². The van der Waals surface area contributed by atoms with Crippen LogP contribution < -0.4 is 19.5 Å². The molecule has 0 aliphatic rings. The molecule has 180 valence electrons. The Morgan fingerprint density at radius 3 is 2.29 bits per heavy atom. The number of aliphatic hydroxyl groups excluding tert-OH is 1. The Hall–Kier alpha value is -3.27. The molecule has 8 nitrogen and oxygen atoms in total. The number of anilines is 1. The molecule has 4 N–H and O–H groups in total. The van der Waals surface area contributed by atoms with Gasteiger partial charge < -0.3 is 24.9 Å². The van der Waals surface area contributed by atoms with Gasteiger partial charge in [0, 0.05) is 41.7 Å². The van der Waals surface area contributed by atoms with Gasteiger partial charge in [-0.15, -0.1) is 0 Å². The Kier molecular flexibility index (Phi) is 7.26. The quantitative estimate of drug-likeness (QED) is 0.242. The van der Waals surface area contributed by atoms with Crippen LogP contribution in [0.25, 0.3) is 21.8 Å². The second-order valence-electron chi connectivity index (χ2n) is 8.04. The van der Waals surface area contributed by atoms with Crippen molar-refractivity contribution in [2.24, 2.45) is 0 Å². The molecular weight excluding hydrogens is 454 g/mol. The van der Waals surface area contributed by atoms with Gasteiger partial charge >= 0.3 is 0 Å². The van der Waals surface area contributed by atoms with Crippen molar-refractivity contribution >= 4 is 37.5 Å². The predicted octanol–water partition coefficient (Wildman–Crippen LogP) is 3.79. The molecule has 3 aromatic carbocycles. The maximum atomic E-state index is 11.4. The average molecular weight is 484 g/mol. The van der Waals surface area contributed by atoms with Gasteiger partial charge in [-0.05, 0) is 48.9 Å². The van der Waals surface area contributed by atoms with Gasteiger partial charge in [-0.25, -0.2) is 8.42 Å². The number of aromatic nitrogens is 1. The molecule has 34 heavy (non-hydrogen) atoms. The first-order valence-electron chi connectivity index (χ1n) is 11.1. The fourth-order valence-electron chi connectivity index (χ4n) is 3.84. The highest BCUT2D eigenvalue weighted by Crippen LogP contribution is 2.30. The van der Waals surface area contributed by atoms with E-state index >= 15 is 0 Å². The van der Waals surface area contributed by atoms with Gasteiger partial charge in [0.15, 0.2) is 0 Å². The smallest absolute Gasteiger partial charge is 0.229 e. The number of hydrogen-bond acceptors (Lipinski definition) is 6. The Morgan fingerprint density at radius 2 is 1.65 bits per heavy atom. The SMILES string of the molecule is CCOc1ccc2c(c1)[nH]c1cc(OCCNC[C@H](O)c3cccc(NS(C)(=O)=O)c3)ccc12. The van der Waals surface area contributed by atoms with Crippen LogP contribution in [-0.4, -0.2) is 51.1 Å². The van der Waals surface area contributed by atoms with Crippen molar-refractivity contribution in [3.8, 4) is 11.5 Å². The molecule has 0 unspecified atom stereocenters. The standard InChI is InChI=1S/C25H29N3O5S/c1-3-32-19-7-9-21-22-10-8-20(15-24(22)27-23(21)14-19)33-12-11-26-16-25(29)17-5-4-6-18(13-17)28-34(2,30)31/h4-10,13-15,25-29H,3,11-12,16H2,1-2H3/t25-/m0/s1. The van der Waals surface area contributed by atoms with E-state index in [1.807, 2.05) is 37.3 Å². The molecule has 0 amide bonds. The minimum absolute atomic E-state index is 0.314. The van der Waals surface area contributed by atoms with Crippen LogP contribution in [0.15, 0.2) is 60.7 Å². The molecule has 1 heterocycles. The lowest BCUT2D eigenvalue weighted by atomic mass is 10.1. The topological polar surface area (TPSA) is 113 Å². The van der Waals surface area contributed by atoms with E-state index in [4.69, 9.17) is 9.47 Å². The molecule has 0 bridgehead atoms. The van der Waals surface area contributed by atoms with Crippen LogP contribution >= 0.6 is 0 Å². The summed E-state index contributed by atoms with van der Waals surface area (Å²) in [5.74, 6) is 1.59. The highest BCUT2D eigenvalue weighted by molar-refractivity contribution is 7.92. The second-order valence-corrected chi connectivity index (χ2v) is 9.79. The van der Waals surface area contributed by atoms with Gasteiger partial charge in [-0.1, -0.05) is 12.1 Å². The highest BCUT2D eigenvalue weighted by Gasteiger charge is 2.10. The Bertz CT molecular complexity index is 1380. The normalized spacial score (nSPS) is 12.7. The van der Waals surface area contributed by atoms with Crippen LogP contribution in [0, 0.1) is 0 Å². The number of sulfonamides is 1. The molecule has 1 atom stereocenters. The van der Waals surface area contributed by atoms with Crippen molar-refractivity contribution in [2.45, 2.75) is 13.0 Å². The van der Waals surface area contributed by atoms with Crippen molar-refractivity contribution in [3.05, 3.63) is 66.2 Å². The summed E-state index contributed by atoms with van der Waals surface area (Å²) in [6.45, 7) is 3.88. The second kappa shape index (κ2) is 10.3. The first kappa shape index (κ1) is 23.9. The minimum Gasteiger partial charge on any atom is -0.494 e. The van der Waals surface area contributed by atoms with Gasteiger partial charge in [0.1, 0.15) is 18.1 Å². The summed E-state index contributed by atoms with van der Waals surface area (Å²) in [5.41, 5.74) is 3.05. The molecule has 0 fully saturated rings. The molecule has 0 saturated carbocycles. The van der Waals surface area contributed by atoms with Crippen LogP contribution in [0.2, 0.25) is 0 Å². The highest BCUT2D eigenvalue weighted by atomic mass is 32.2. The maximum Gasteiger partial charge on any atom is 0.229 e. The van der Waals surface area contributed by atoms with Crippen LogP contribution in [0.1, 0.15) is 18.6 Å². The zero-order valence-corrected chi connectivity index (χ0v) is 20.0. The van der Waals surface area contributed by atoms with Crippen LogP contribution in [0.3, 0.4) is 0 Å². The lowest BCUT2D eigenvalue weighted by Gasteiger charge is -2.14. The Labute approximate surface area is 198 Å². The number of ether oxygens (including phenoxy) is 2. The number of aliphatic hydroxyl groups is 1. The van der Waals surface area contributed by atoms with E-state index in [9.17, 15) is 13.5 Å². The maximum absolute atomic E-state index is 11.4. The number of H-pyrrole nitrogens is 1. The third-order valence-electron chi connectivity index (χ3n) is 5.31. The van der Waals surface area contributed by atoms with Gasteiger partial charge in [-0.2, -0.15) is 0 Å². The summed E-state index contributed by atoms with van der Waals surface area (Å²) in [6.07, 6.45) is 0.317. The van der Waals surface area contributed by atoms with E-state index in [2.05, 4.69) is 21.1 Å². The lowest BCUT2D eigenvalue weighted by molar-refractivity contribution is 0.172. The third kappa shape index (κ3) is 5.99. The monoisotopic (exact) mass is 483 g/mol. The fourth-order valence-corrected chi connectivity index (χ4v) is 4.39. The molecule has 4 aromatic rings. The minimum atomic E-state index is -3.37. The number of fused-ring (bicyclic) bond motifs is 3. The summed E-state index contributed by atoms with van der Waals surface area (Å²) in [4.78, 5) is 3.42. The number of aromatic amines is 1. The van der Waals surface area contributed by atoms with E-state index in [0.29, 0.717) is 37.6 Å². The molecule has 0 spiro atoms. The zero-order chi connectivity index (χ0) is 24.1. The number of nitrogens with one attached hydrogen (secondary N) is 3. The van der Waals surface area contributed by atoms with Crippen molar-refractivity contribution in [2.75, 3.05) is 37.3 Å². The van der Waals surface area contributed by atoms with Gasteiger partial charge in [0.05, 0.1) is 30.0 Å². The molecule has 4 rings (SSSR count). The first-order chi connectivity index (χ1) is 16.3. The molecule has 0 aliphatic heterocycles. The third-order valence-corrected chi connectivity index (χ3v) is 5.92. The predicted molar refractivity (Wildman–Crippen MR) is 135 cm³/mol. The molecule has 0 radical (unpaired) electrons. The summed E-state index contributed by atoms with van der Waals surface area (Å²) in [7, 11) is -3.37. The fraction of sp³-hybridized carbons (Fsp3) is 0.280. The molecular formula is C25H29N3O5S. The molecule has 0 saturated heterocycles. The van der Waals surface area contributed by atoms with Crippen LogP contribution in [-0.2, 0) is 10.0 Å². The van der Waals surface area contributed by atoms with Gasteiger partial charge in [0.25, 0.3) is 0 Å². The summed E-state index contributed by atoms with van der Waals surface area (Å²) >= 11 is 0. The zero-order valence-electron chi connectivity index (χ0n) is 19.2. The number of hydrogen-bond donors (Lipinski definition) is 4. The van der Waals surface area contributed by atoms with E-state index in [-0.39, 0.29) is 0 Å². The molecule has 0 aliphatic carbocycles. The summed E-state index contributed by atoms with van der Waals surface area (Å²) in [6, 6.07) is 18.7. The molecule has 9 heteroatoms. The first-order valence-corrected chi connectivity index (χ1v) is 13.0. The number of benzene rings is 3. The van der Waals surface area contributed by atoms with E-state index in [0.717, 1.165) is 39.6 Å². The van der Waals surface area contributed by atoms with Crippen molar-refractivity contribution in [1.29, 1.82) is 0 Å². The Morgan fingerprint density at radius 1 is 0.971 bits per heavy atom. The average Bonchev–Trinajstić information content (AvgIpc) is 3.15. The van der Waals surface area contributed by atoms with Crippen molar-refractivity contribution in [3.63, 3.8) is 0 Å². The summed E-state index contributed by atoms with van der Waals surface area (Å²) in [5, 5.41) is 15.8. The largest absolute Gasteiger partial charge is 0.494 e. The van der Waals surface area contributed by atoms with Crippen LogP contribution in [0.5, 0.6) is 11.5 Å². The van der Waals surface area contributed by atoms with Gasteiger partial charge in [-0.3, -0.25) is 4.72 Å². The lowest BCUT2D eigenvalue weighted by Crippen LogP contribution is -2.26. The van der Waals surface area contributed by atoms with Crippen LogP contribution in [0.4, 0.5) is 5.69 Å². The van der Waals surface area contributed by atoms with E-state index in [1.54, 1.807) is 24.3 Å².